The minimum Gasteiger partial charge on any atom is -0.469 e. The zero-order chi connectivity index (χ0) is 18.7. The highest BCUT2D eigenvalue weighted by Crippen LogP contribution is 2.14. The van der Waals surface area contributed by atoms with Gasteiger partial charge in [0.25, 0.3) is 0 Å². The molecule has 0 fully saturated rings. The van der Waals surface area contributed by atoms with E-state index in [0.29, 0.717) is 6.54 Å². The highest BCUT2D eigenvalue weighted by Gasteiger charge is 2.03. The molecule has 3 aromatic rings. The molecule has 2 aromatic heterocycles. The number of hydrogen-bond acceptors (Lipinski definition) is 4. The Balaban J connectivity index is 1.53. The lowest BCUT2D eigenvalue weighted by molar-refractivity contribution is 0.506. The first-order valence-electron chi connectivity index (χ1n) is 9.35. The molecule has 0 aliphatic carbocycles. The fourth-order valence-corrected chi connectivity index (χ4v) is 3.42. The summed E-state index contributed by atoms with van der Waals surface area (Å²) in [4.78, 5) is 10.4. The summed E-state index contributed by atoms with van der Waals surface area (Å²) in [6.45, 7) is 4.33. The van der Waals surface area contributed by atoms with E-state index in [4.69, 9.17) is 9.41 Å². The van der Waals surface area contributed by atoms with E-state index in [-0.39, 0.29) is 0 Å². The molecular formula is C21H26N4OS. The molecule has 5 nitrogen and oxygen atoms in total. The summed E-state index contributed by atoms with van der Waals surface area (Å²) in [6.07, 6.45) is 6.45. The first-order chi connectivity index (χ1) is 13.3. The van der Waals surface area contributed by atoms with Crippen LogP contribution in [0.4, 0.5) is 0 Å². The predicted molar refractivity (Wildman–Crippen MR) is 111 cm³/mol. The van der Waals surface area contributed by atoms with Crippen LogP contribution in [-0.4, -0.2) is 24.0 Å². The van der Waals surface area contributed by atoms with Crippen molar-refractivity contribution in [3.05, 3.63) is 76.1 Å². The van der Waals surface area contributed by atoms with Gasteiger partial charge in [0.2, 0.25) is 0 Å². The summed E-state index contributed by atoms with van der Waals surface area (Å²) < 4.78 is 5.39. The van der Waals surface area contributed by atoms with E-state index in [1.807, 2.05) is 24.4 Å². The van der Waals surface area contributed by atoms with Crippen LogP contribution in [0.3, 0.4) is 0 Å². The molecule has 0 atom stereocenters. The first-order valence-corrected chi connectivity index (χ1v) is 10.2. The molecule has 0 saturated heterocycles. The second-order valence-corrected chi connectivity index (χ2v) is 7.36. The van der Waals surface area contributed by atoms with Crippen LogP contribution in [0.2, 0.25) is 0 Å². The molecule has 2 heterocycles. The van der Waals surface area contributed by atoms with Gasteiger partial charge in [-0.1, -0.05) is 37.3 Å². The smallest absolute Gasteiger partial charge is 0.191 e. The normalized spacial score (nSPS) is 11.5. The summed E-state index contributed by atoms with van der Waals surface area (Å²) in [5, 5.41) is 7.86. The van der Waals surface area contributed by atoms with Crippen LogP contribution in [0.15, 0.2) is 64.3 Å². The van der Waals surface area contributed by atoms with Crippen LogP contribution < -0.4 is 10.6 Å². The molecule has 0 saturated carbocycles. The number of guanidine groups is 1. The Bertz CT molecular complexity index is 812. The molecule has 0 aliphatic heterocycles. The van der Waals surface area contributed by atoms with Gasteiger partial charge in [0.1, 0.15) is 10.8 Å². The Morgan fingerprint density at radius 2 is 1.89 bits per heavy atom. The SMILES string of the molecule is CCc1cnc(CN=C(NCCc2ccccc2)NCCc2ccco2)s1. The van der Waals surface area contributed by atoms with Gasteiger partial charge >= 0.3 is 0 Å². The van der Waals surface area contributed by atoms with Crippen molar-refractivity contribution in [1.29, 1.82) is 0 Å². The quantitative estimate of drug-likeness (QED) is 0.436. The monoisotopic (exact) mass is 382 g/mol. The lowest BCUT2D eigenvalue weighted by atomic mass is 10.1. The molecule has 27 heavy (non-hydrogen) atoms. The topological polar surface area (TPSA) is 62.5 Å². The number of aryl methyl sites for hydroxylation is 1. The van der Waals surface area contributed by atoms with Crippen molar-refractivity contribution in [2.24, 2.45) is 4.99 Å². The third-order valence-corrected chi connectivity index (χ3v) is 5.24. The third kappa shape index (κ3) is 6.57. The van der Waals surface area contributed by atoms with Gasteiger partial charge in [0, 0.05) is 30.6 Å². The van der Waals surface area contributed by atoms with Gasteiger partial charge in [0.05, 0.1) is 12.8 Å². The van der Waals surface area contributed by atoms with E-state index in [1.165, 1.54) is 10.4 Å². The lowest BCUT2D eigenvalue weighted by Crippen LogP contribution is -2.39. The number of rotatable bonds is 9. The average molecular weight is 383 g/mol. The fourth-order valence-electron chi connectivity index (χ4n) is 2.63. The molecule has 0 unspecified atom stereocenters. The number of furan rings is 1. The summed E-state index contributed by atoms with van der Waals surface area (Å²) in [7, 11) is 0. The Kier molecular flexibility index (Phi) is 7.47. The van der Waals surface area contributed by atoms with Crippen molar-refractivity contribution < 1.29 is 4.42 Å². The van der Waals surface area contributed by atoms with Crippen molar-refractivity contribution in [2.75, 3.05) is 13.1 Å². The largest absolute Gasteiger partial charge is 0.469 e. The first kappa shape index (κ1) is 19.2. The number of nitrogens with one attached hydrogen (secondary N) is 2. The van der Waals surface area contributed by atoms with E-state index in [2.05, 4.69) is 46.8 Å². The number of hydrogen-bond donors (Lipinski definition) is 2. The number of aliphatic imine (C=N–C) groups is 1. The van der Waals surface area contributed by atoms with E-state index in [1.54, 1.807) is 17.6 Å². The summed E-state index contributed by atoms with van der Waals surface area (Å²) in [5.74, 6) is 1.78. The molecule has 0 spiro atoms. The molecule has 2 N–H and O–H groups in total. The second-order valence-electron chi connectivity index (χ2n) is 6.16. The minimum absolute atomic E-state index is 0.589. The Labute approximate surface area is 164 Å². The maximum Gasteiger partial charge on any atom is 0.191 e. The van der Waals surface area contributed by atoms with Gasteiger partial charge in [-0.05, 0) is 30.5 Å². The van der Waals surface area contributed by atoms with E-state index in [0.717, 1.165) is 49.1 Å². The third-order valence-electron chi connectivity index (χ3n) is 4.12. The fraction of sp³-hybridized carbons (Fsp3) is 0.333. The van der Waals surface area contributed by atoms with Crippen molar-refractivity contribution >= 4 is 17.3 Å². The predicted octanol–water partition coefficient (Wildman–Crippen LogP) is 3.82. The summed E-state index contributed by atoms with van der Waals surface area (Å²) in [5.41, 5.74) is 1.31. The van der Waals surface area contributed by atoms with E-state index < -0.39 is 0 Å². The van der Waals surface area contributed by atoms with Crippen LogP contribution in [-0.2, 0) is 25.8 Å². The van der Waals surface area contributed by atoms with Crippen LogP contribution in [0, 0.1) is 0 Å². The number of thiazole rings is 1. The molecular weight excluding hydrogens is 356 g/mol. The van der Waals surface area contributed by atoms with Crippen LogP contribution in [0.5, 0.6) is 0 Å². The summed E-state index contributed by atoms with van der Waals surface area (Å²) in [6, 6.07) is 14.4. The van der Waals surface area contributed by atoms with Gasteiger partial charge < -0.3 is 15.1 Å². The summed E-state index contributed by atoms with van der Waals surface area (Å²) >= 11 is 1.73. The van der Waals surface area contributed by atoms with Crippen molar-refractivity contribution in [3.8, 4) is 0 Å². The molecule has 0 bridgehead atoms. The van der Waals surface area contributed by atoms with Crippen LogP contribution in [0.25, 0.3) is 0 Å². The van der Waals surface area contributed by atoms with Crippen molar-refractivity contribution in [3.63, 3.8) is 0 Å². The van der Waals surface area contributed by atoms with Crippen LogP contribution in [0.1, 0.15) is 28.1 Å². The molecule has 142 valence electrons. The van der Waals surface area contributed by atoms with Gasteiger partial charge in [0.15, 0.2) is 5.96 Å². The highest BCUT2D eigenvalue weighted by molar-refractivity contribution is 7.11. The molecule has 1 aromatic carbocycles. The van der Waals surface area contributed by atoms with E-state index >= 15 is 0 Å². The van der Waals surface area contributed by atoms with Crippen molar-refractivity contribution in [2.45, 2.75) is 32.7 Å². The van der Waals surface area contributed by atoms with E-state index in [9.17, 15) is 0 Å². The van der Waals surface area contributed by atoms with Crippen molar-refractivity contribution in [1.82, 2.24) is 15.6 Å². The molecule has 0 aliphatic rings. The number of aromatic nitrogens is 1. The van der Waals surface area contributed by atoms with Gasteiger partial charge in [-0.3, -0.25) is 0 Å². The average Bonchev–Trinajstić information content (AvgIpc) is 3.38. The minimum atomic E-state index is 0.589. The van der Waals surface area contributed by atoms with Crippen LogP contribution >= 0.6 is 11.3 Å². The Hall–Kier alpha value is -2.60. The Morgan fingerprint density at radius 3 is 2.59 bits per heavy atom. The zero-order valence-corrected chi connectivity index (χ0v) is 16.5. The maximum atomic E-state index is 5.39. The molecule has 0 radical (unpaired) electrons. The molecule has 0 amide bonds. The second kappa shape index (κ2) is 10.5. The Morgan fingerprint density at radius 1 is 1.07 bits per heavy atom. The van der Waals surface area contributed by atoms with Gasteiger partial charge in [-0.25, -0.2) is 9.98 Å². The number of nitrogens with zero attached hydrogens (tertiary/aromatic N) is 2. The zero-order valence-electron chi connectivity index (χ0n) is 15.6. The molecule has 6 heteroatoms. The number of benzene rings is 1. The molecule has 3 rings (SSSR count). The van der Waals surface area contributed by atoms with Gasteiger partial charge in [-0.15, -0.1) is 11.3 Å². The van der Waals surface area contributed by atoms with Gasteiger partial charge in [-0.2, -0.15) is 0 Å². The highest BCUT2D eigenvalue weighted by atomic mass is 32.1. The standard InChI is InChI=1S/C21H26N4OS/c1-2-19-15-24-20(27-19)16-25-21(23-13-11-18-9-6-14-26-18)22-12-10-17-7-4-3-5-8-17/h3-9,14-15H,2,10-13,16H2,1H3,(H2,22,23,25). The lowest BCUT2D eigenvalue weighted by Gasteiger charge is -2.12. The maximum absolute atomic E-state index is 5.39.